The lowest BCUT2D eigenvalue weighted by Crippen LogP contribution is -2.60. The molecule has 1 rings (SSSR count). The molecule has 0 bridgehead atoms. The molecule has 0 spiro atoms. The van der Waals surface area contributed by atoms with Crippen LogP contribution in [-0.4, -0.2) is 110 Å². The molecule has 0 aromatic heterocycles. The third-order valence-corrected chi connectivity index (χ3v) is 13.8. The molecular formula is C55H107NO10. The van der Waals surface area contributed by atoms with E-state index in [-0.39, 0.29) is 6.42 Å². The molecule has 9 atom stereocenters. The van der Waals surface area contributed by atoms with Crippen LogP contribution >= 0.6 is 0 Å². The number of aliphatic hydroxyl groups is 7. The van der Waals surface area contributed by atoms with E-state index in [2.05, 4.69) is 31.3 Å². The number of hydrogen-bond acceptors (Lipinski definition) is 10. The maximum atomic E-state index is 13.1. The highest BCUT2D eigenvalue weighted by Gasteiger charge is 2.44. The zero-order valence-electron chi connectivity index (χ0n) is 42.7. The first kappa shape index (κ1) is 62.9. The number of ether oxygens (including phenoxy) is 2. The summed E-state index contributed by atoms with van der Waals surface area (Å²) in [6.45, 7) is 3.41. The van der Waals surface area contributed by atoms with Crippen LogP contribution in [0.1, 0.15) is 264 Å². The minimum Gasteiger partial charge on any atom is -0.394 e. The van der Waals surface area contributed by atoms with Crippen LogP contribution in [0.15, 0.2) is 12.2 Å². The molecular weight excluding hydrogens is 835 g/mol. The Bertz CT molecular complexity index is 1080. The molecule has 1 aliphatic rings. The molecule has 8 N–H and O–H groups in total. The fraction of sp³-hybridized carbons (Fsp3) is 0.945. The molecule has 66 heavy (non-hydrogen) atoms. The van der Waals surface area contributed by atoms with Gasteiger partial charge in [-0.3, -0.25) is 4.79 Å². The van der Waals surface area contributed by atoms with Crippen molar-refractivity contribution in [3.63, 3.8) is 0 Å². The van der Waals surface area contributed by atoms with Crippen LogP contribution in [0.25, 0.3) is 0 Å². The molecule has 1 aliphatic heterocycles. The number of nitrogens with one attached hydrogen (secondary N) is 1. The van der Waals surface area contributed by atoms with Crippen LogP contribution in [0, 0.1) is 0 Å². The van der Waals surface area contributed by atoms with E-state index >= 15 is 0 Å². The number of carbonyl (C=O) groups is 1. The molecule has 1 amide bonds. The Kier molecular flexibility index (Phi) is 42.9. The SMILES string of the molecule is CCCC/C=C\CCCCCCC(O)C(=O)NC(COC1OC(CO)C(O)C(O)C1O)C(O)C(O)CCCCCCCCCCCCCCCCCCCCCCCCCCCCCCC. The Morgan fingerprint density at radius 3 is 1.32 bits per heavy atom. The predicted octanol–water partition coefficient (Wildman–Crippen LogP) is 11.2. The summed E-state index contributed by atoms with van der Waals surface area (Å²) in [4.78, 5) is 13.1. The van der Waals surface area contributed by atoms with Gasteiger partial charge in [-0.2, -0.15) is 0 Å². The zero-order chi connectivity index (χ0) is 48.3. The van der Waals surface area contributed by atoms with Gasteiger partial charge in [-0.15, -0.1) is 0 Å². The number of amides is 1. The minimum atomic E-state index is -1.66. The van der Waals surface area contributed by atoms with Crippen molar-refractivity contribution in [2.75, 3.05) is 13.2 Å². The van der Waals surface area contributed by atoms with Gasteiger partial charge in [0.15, 0.2) is 6.29 Å². The molecule has 11 nitrogen and oxygen atoms in total. The lowest BCUT2D eigenvalue weighted by atomic mass is 9.98. The normalized spacial score (nSPS) is 20.8. The Labute approximate surface area is 404 Å². The van der Waals surface area contributed by atoms with Crippen LogP contribution in [0.4, 0.5) is 0 Å². The van der Waals surface area contributed by atoms with Gasteiger partial charge in [0, 0.05) is 0 Å². The molecule has 0 aromatic rings. The summed E-state index contributed by atoms with van der Waals surface area (Å²) >= 11 is 0. The van der Waals surface area contributed by atoms with Crippen LogP contribution in [-0.2, 0) is 14.3 Å². The Morgan fingerprint density at radius 1 is 0.515 bits per heavy atom. The third-order valence-electron chi connectivity index (χ3n) is 13.8. The second kappa shape index (κ2) is 45.0. The summed E-state index contributed by atoms with van der Waals surface area (Å²) in [7, 11) is 0. The lowest BCUT2D eigenvalue weighted by molar-refractivity contribution is -0.303. The summed E-state index contributed by atoms with van der Waals surface area (Å²) in [5.74, 6) is -0.705. The van der Waals surface area contributed by atoms with Gasteiger partial charge in [-0.25, -0.2) is 0 Å². The van der Waals surface area contributed by atoms with Gasteiger partial charge in [0.05, 0.1) is 25.4 Å². The second-order valence-electron chi connectivity index (χ2n) is 20.0. The van der Waals surface area contributed by atoms with E-state index in [1.54, 1.807) is 0 Å². The Hall–Kier alpha value is -1.15. The molecule has 1 saturated heterocycles. The zero-order valence-corrected chi connectivity index (χ0v) is 42.7. The van der Waals surface area contributed by atoms with Crippen molar-refractivity contribution in [1.29, 1.82) is 0 Å². The molecule has 1 fully saturated rings. The molecule has 392 valence electrons. The number of allylic oxidation sites excluding steroid dienone is 2. The van der Waals surface area contributed by atoms with Crippen LogP contribution < -0.4 is 5.32 Å². The average molecular weight is 942 g/mol. The lowest BCUT2D eigenvalue weighted by Gasteiger charge is -2.40. The van der Waals surface area contributed by atoms with Crippen molar-refractivity contribution in [2.45, 2.75) is 319 Å². The van der Waals surface area contributed by atoms with Gasteiger partial charge in [-0.1, -0.05) is 244 Å². The molecule has 0 aromatic carbocycles. The van der Waals surface area contributed by atoms with Crippen molar-refractivity contribution in [3.8, 4) is 0 Å². The van der Waals surface area contributed by atoms with E-state index in [0.29, 0.717) is 19.3 Å². The summed E-state index contributed by atoms with van der Waals surface area (Å²) in [6.07, 6.45) is 40.1. The number of rotatable bonds is 48. The highest BCUT2D eigenvalue weighted by Crippen LogP contribution is 2.23. The number of aliphatic hydroxyl groups excluding tert-OH is 7. The van der Waals surface area contributed by atoms with Gasteiger partial charge in [0.25, 0.3) is 0 Å². The smallest absolute Gasteiger partial charge is 0.249 e. The minimum absolute atomic E-state index is 0.247. The van der Waals surface area contributed by atoms with E-state index < -0.39 is 74.2 Å². The van der Waals surface area contributed by atoms with E-state index in [1.807, 2.05) is 0 Å². The molecule has 1 heterocycles. The van der Waals surface area contributed by atoms with Crippen LogP contribution in [0.5, 0.6) is 0 Å². The van der Waals surface area contributed by atoms with Crippen LogP contribution in [0.3, 0.4) is 0 Å². The summed E-state index contributed by atoms with van der Waals surface area (Å²) in [5, 5.41) is 75.8. The van der Waals surface area contributed by atoms with Gasteiger partial charge in [-0.05, 0) is 32.1 Å². The fourth-order valence-electron chi connectivity index (χ4n) is 9.19. The maximum Gasteiger partial charge on any atom is 0.249 e. The third kappa shape index (κ3) is 33.4. The quantitative estimate of drug-likeness (QED) is 0.0215. The van der Waals surface area contributed by atoms with Crippen molar-refractivity contribution in [1.82, 2.24) is 5.32 Å². The second-order valence-corrected chi connectivity index (χ2v) is 20.0. The number of hydrogen-bond donors (Lipinski definition) is 8. The number of carbonyl (C=O) groups excluding carboxylic acids is 1. The largest absolute Gasteiger partial charge is 0.394 e. The summed E-state index contributed by atoms with van der Waals surface area (Å²) in [6, 6.07) is -1.17. The van der Waals surface area contributed by atoms with Crippen LogP contribution in [0.2, 0.25) is 0 Å². The van der Waals surface area contributed by atoms with E-state index in [0.717, 1.165) is 51.4 Å². The molecule has 9 unspecified atom stereocenters. The summed E-state index contributed by atoms with van der Waals surface area (Å²) < 4.78 is 11.1. The maximum absolute atomic E-state index is 13.1. The topological polar surface area (TPSA) is 189 Å². The monoisotopic (exact) mass is 942 g/mol. The van der Waals surface area contributed by atoms with Crippen molar-refractivity contribution in [3.05, 3.63) is 12.2 Å². The fourth-order valence-corrected chi connectivity index (χ4v) is 9.19. The van der Waals surface area contributed by atoms with Gasteiger partial charge < -0.3 is 50.5 Å². The Balaban J connectivity index is 2.21. The first-order chi connectivity index (χ1) is 32.2. The summed E-state index contributed by atoms with van der Waals surface area (Å²) in [5.41, 5.74) is 0. The number of unbranched alkanes of at least 4 members (excludes halogenated alkanes) is 34. The van der Waals surface area contributed by atoms with Gasteiger partial charge in [0.2, 0.25) is 5.91 Å². The molecule has 0 saturated carbocycles. The highest BCUT2D eigenvalue weighted by atomic mass is 16.7. The van der Waals surface area contributed by atoms with Crippen molar-refractivity contribution < 1.29 is 50.0 Å². The molecule has 11 heteroatoms. The average Bonchev–Trinajstić information content (AvgIpc) is 3.32. The van der Waals surface area contributed by atoms with E-state index in [9.17, 15) is 40.5 Å². The van der Waals surface area contributed by atoms with E-state index in [1.165, 1.54) is 173 Å². The molecule has 0 radical (unpaired) electrons. The standard InChI is InChI=1S/C55H107NO10/c1-3-5-7-9-11-13-15-16-17-18-19-20-21-22-23-24-25-26-27-28-29-30-31-32-33-35-36-38-40-42-47(58)50(60)46(45-65-55-53(63)52(62)51(61)49(44-57)66-55)56-54(64)48(59)43-41-39-37-34-14-12-10-8-6-4-2/h10,12,46-53,55,57-63H,3-9,11,13-45H2,1-2H3,(H,56,64)/b12-10-. The Morgan fingerprint density at radius 2 is 0.894 bits per heavy atom. The first-order valence-corrected chi connectivity index (χ1v) is 28.1. The van der Waals surface area contributed by atoms with Gasteiger partial charge >= 0.3 is 0 Å². The van der Waals surface area contributed by atoms with Crippen molar-refractivity contribution >= 4 is 5.91 Å². The van der Waals surface area contributed by atoms with Crippen molar-refractivity contribution in [2.24, 2.45) is 0 Å². The van der Waals surface area contributed by atoms with Gasteiger partial charge in [0.1, 0.15) is 36.6 Å². The highest BCUT2D eigenvalue weighted by molar-refractivity contribution is 5.80. The molecule has 0 aliphatic carbocycles. The first-order valence-electron chi connectivity index (χ1n) is 28.1. The predicted molar refractivity (Wildman–Crippen MR) is 270 cm³/mol. The van der Waals surface area contributed by atoms with E-state index in [4.69, 9.17) is 9.47 Å².